The van der Waals surface area contributed by atoms with Crippen LogP contribution in [0.1, 0.15) is 23.2 Å². The van der Waals surface area contributed by atoms with Crippen molar-refractivity contribution in [3.8, 4) is 11.5 Å². The number of halogens is 1. The van der Waals surface area contributed by atoms with Gasteiger partial charge in [-0.25, -0.2) is 0 Å². The van der Waals surface area contributed by atoms with Crippen LogP contribution < -0.4 is 9.47 Å². The number of rotatable bonds is 3. The summed E-state index contributed by atoms with van der Waals surface area (Å²) in [5.41, 5.74) is 0.632. The van der Waals surface area contributed by atoms with Gasteiger partial charge in [-0.15, -0.1) is 0 Å². The maximum absolute atomic E-state index is 12.8. The molecule has 23 heavy (non-hydrogen) atoms. The highest BCUT2D eigenvalue weighted by molar-refractivity contribution is 14.1. The maximum atomic E-state index is 12.8. The molecule has 2 aliphatic rings. The van der Waals surface area contributed by atoms with Crippen LogP contribution in [0.4, 0.5) is 0 Å². The molecule has 1 aromatic rings. The lowest BCUT2D eigenvalue weighted by atomic mass is 10.0. The fourth-order valence-electron chi connectivity index (χ4n) is 3.02. The first-order valence-electron chi connectivity index (χ1n) is 7.57. The molecule has 7 heteroatoms. The van der Waals surface area contributed by atoms with Gasteiger partial charge < -0.3 is 23.8 Å². The average molecular weight is 433 g/mol. The fraction of sp³-hybridized carbons (Fsp3) is 0.562. The van der Waals surface area contributed by atoms with E-state index in [0.717, 1.165) is 3.57 Å². The number of hydrogen-bond donors (Lipinski definition) is 0. The van der Waals surface area contributed by atoms with Crippen LogP contribution in [0.3, 0.4) is 0 Å². The van der Waals surface area contributed by atoms with Crippen LogP contribution >= 0.6 is 22.6 Å². The predicted molar refractivity (Wildman–Crippen MR) is 92.0 cm³/mol. The monoisotopic (exact) mass is 433 g/mol. The lowest BCUT2D eigenvalue weighted by Gasteiger charge is -2.37. The topological polar surface area (TPSA) is 57.2 Å². The Bertz CT molecular complexity index is 590. The molecule has 126 valence electrons. The molecular weight excluding hydrogens is 413 g/mol. The zero-order valence-corrected chi connectivity index (χ0v) is 15.4. The van der Waals surface area contributed by atoms with E-state index in [1.54, 1.807) is 20.3 Å². The van der Waals surface area contributed by atoms with Gasteiger partial charge in [0.25, 0.3) is 5.91 Å². The van der Waals surface area contributed by atoms with Crippen LogP contribution in [0.2, 0.25) is 0 Å². The van der Waals surface area contributed by atoms with E-state index in [1.165, 1.54) is 0 Å². The summed E-state index contributed by atoms with van der Waals surface area (Å²) in [6, 6.07) is 3.57. The summed E-state index contributed by atoms with van der Waals surface area (Å²) in [5, 5.41) is 0. The molecule has 1 spiro atoms. The fourth-order valence-corrected chi connectivity index (χ4v) is 3.69. The molecule has 0 N–H and O–H groups in total. The van der Waals surface area contributed by atoms with Gasteiger partial charge in [0.05, 0.1) is 33.0 Å². The van der Waals surface area contributed by atoms with Gasteiger partial charge >= 0.3 is 0 Å². The first-order chi connectivity index (χ1) is 11.1. The summed E-state index contributed by atoms with van der Waals surface area (Å²) < 4.78 is 22.8. The predicted octanol–water partition coefficient (Wildman–Crippen LogP) is 2.29. The van der Waals surface area contributed by atoms with Crippen molar-refractivity contribution in [2.75, 3.05) is 40.5 Å². The summed E-state index contributed by atoms with van der Waals surface area (Å²) in [4.78, 5) is 14.7. The van der Waals surface area contributed by atoms with Crippen LogP contribution in [0.5, 0.6) is 11.5 Å². The zero-order valence-electron chi connectivity index (χ0n) is 13.3. The quantitative estimate of drug-likeness (QED) is 0.685. The van der Waals surface area contributed by atoms with E-state index < -0.39 is 5.79 Å². The van der Waals surface area contributed by atoms with Gasteiger partial charge in [-0.1, -0.05) is 0 Å². The second-order valence-corrected chi connectivity index (χ2v) is 6.75. The van der Waals surface area contributed by atoms with Crippen LogP contribution in [0.15, 0.2) is 12.1 Å². The minimum Gasteiger partial charge on any atom is -0.493 e. The third-order valence-corrected chi connectivity index (χ3v) is 5.22. The first kappa shape index (κ1) is 16.8. The summed E-state index contributed by atoms with van der Waals surface area (Å²) in [6.07, 6.45) is 1.42. The number of benzene rings is 1. The molecule has 2 saturated heterocycles. The van der Waals surface area contributed by atoms with Crippen LogP contribution in [0.25, 0.3) is 0 Å². The Morgan fingerprint density at radius 3 is 2.26 bits per heavy atom. The number of nitrogens with zero attached hydrogens (tertiary/aromatic N) is 1. The van der Waals surface area contributed by atoms with E-state index in [1.807, 2.05) is 11.0 Å². The highest BCUT2D eigenvalue weighted by atomic mass is 127. The molecule has 0 aliphatic carbocycles. The first-order valence-corrected chi connectivity index (χ1v) is 8.65. The van der Waals surface area contributed by atoms with Crippen molar-refractivity contribution in [3.05, 3.63) is 21.3 Å². The van der Waals surface area contributed by atoms with Gasteiger partial charge in [0.2, 0.25) is 0 Å². The molecule has 2 fully saturated rings. The molecule has 0 radical (unpaired) electrons. The molecule has 1 aromatic carbocycles. The van der Waals surface area contributed by atoms with Crippen molar-refractivity contribution in [1.82, 2.24) is 4.90 Å². The van der Waals surface area contributed by atoms with Gasteiger partial charge in [0, 0.05) is 29.5 Å². The normalized spacial score (nSPS) is 19.9. The summed E-state index contributed by atoms with van der Waals surface area (Å²) >= 11 is 2.15. The van der Waals surface area contributed by atoms with Crippen molar-refractivity contribution in [2.24, 2.45) is 0 Å². The molecule has 0 atom stereocenters. The number of carbonyl (C=O) groups excluding carboxylic acids is 1. The number of carbonyl (C=O) groups is 1. The summed E-state index contributed by atoms with van der Waals surface area (Å²) in [7, 11) is 3.15. The van der Waals surface area contributed by atoms with E-state index in [0.29, 0.717) is 56.2 Å². The Kier molecular flexibility index (Phi) is 4.98. The minimum absolute atomic E-state index is 0.00296. The second-order valence-electron chi connectivity index (χ2n) is 5.59. The van der Waals surface area contributed by atoms with Crippen LogP contribution in [-0.2, 0) is 9.47 Å². The second kappa shape index (κ2) is 6.82. The highest BCUT2D eigenvalue weighted by Crippen LogP contribution is 2.34. The number of ether oxygens (including phenoxy) is 4. The molecule has 1 amide bonds. The van der Waals surface area contributed by atoms with E-state index >= 15 is 0 Å². The van der Waals surface area contributed by atoms with Crippen LogP contribution in [-0.4, -0.2) is 57.1 Å². The summed E-state index contributed by atoms with van der Waals surface area (Å²) in [6.45, 7) is 2.54. The number of piperidine rings is 1. The zero-order chi connectivity index (χ0) is 16.4. The minimum atomic E-state index is -0.471. The van der Waals surface area contributed by atoms with Crippen molar-refractivity contribution in [2.45, 2.75) is 18.6 Å². The third kappa shape index (κ3) is 3.27. The third-order valence-electron chi connectivity index (χ3n) is 4.33. The number of hydrogen-bond acceptors (Lipinski definition) is 5. The van der Waals surface area contributed by atoms with E-state index in [-0.39, 0.29) is 5.91 Å². The summed E-state index contributed by atoms with van der Waals surface area (Å²) in [5.74, 6) is 0.718. The van der Waals surface area contributed by atoms with Crippen molar-refractivity contribution < 1.29 is 23.7 Å². The maximum Gasteiger partial charge on any atom is 0.255 e. The molecule has 0 saturated carbocycles. The SMILES string of the molecule is COc1cc(I)c(C(=O)N2CCC3(CC2)OCCO3)cc1OC. The van der Waals surface area contributed by atoms with Gasteiger partial charge in [0.15, 0.2) is 17.3 Å². The van der Waals surface area contributed by atoms with Gasteiger partial charge in [-0.05, 0) is 34.7 Å². The van der Waals surface area contributed by atoms with Gasteiger partial charge in [-0.2, -0.15) is 0 Å². The number of methoxy groups -OCH3 is 2. The Labute approximate surface area is 149 Å². The molecule has 0 bridgehead atoms. The Hall–Kier alpha value is -1.06. The van der Waals surface area contributed by atoms with E-state index in [4.69, 9.17) is 18.9 Å². The lowest BCUT2D eigenvalue weighted by molar-refractivity contribution is -0.181. The largest absolute Gasteiger partial charge is 0.493 e. The van der Waals surface area contributed by atoms with Gasteiger partial charge in [-0.3, -0.25) is 4.79 Å². The van der Waals surface area contributed by atoms with E-state index in [2.05, 4.69) is 22.6 Å². The van der Waals surface area contributed by atoms with E-state index in [9.17, 15) is 4.79 Å². The average Bonchev–Trinajstić information content (AvgIpc) is 3.02. The highest BCUT2D eigenvalue weighted by Gasteiger charge is 2.41. The van der Waals surface area contributed by atoms with Crippen molar-refractivity contribution in [1.29, 1.82) is 0 Å². The standard InChI is InChI=1S/C16H20INO5/c1-20-13-9-11(12(17)10-14(13)21-2)15(19)18-5-3-16(4-6-18)22-7-8-23-16/h9-10H,3-8H2,1-2H3. The molecule has 0 unspecified atom stereocenters. The Morgan fingerprint density at radius 2 is 1.70 bits per heavy atom. The molecule has 6 nitrogen and oxygen atoms in total. The smallest absolute Gasteiger partial charge is 0.255 e. The molecule has 0 aromatic heterocycles. The molecular formula is C16H20INO5. The van der Waals surface area contributed by atoms with Crippen molar-refractivity contribution in [3.63, 3.8) is 0 Å². The van der Waals surface area contributed by atoms with Crippen LogP contribution in [0, 0.1) is 3.57 Å². The number of likely N-dealkylation sites (tertiary alicyclic amines) is 1. The van der Waals surface area contributed by atoms with Crippen molar-refractivity contribution >= 4 is 28.5 Å². The molecule has 2 aliphatic heterocycles. The number of amides is 1. The molecule has 2 heterocycles. The van der Waals surface area contributed by atoms with Gasteiger partial charge in [0.1, 0.15) is 0 Å². The Balaban J connectivity index is 1.76. The molecule has 3 rings (SSSR count). The lowest BCUT2D eigenvalue weighted by Crippen LogP contribution is -2.47. The Morgan fingerprint density at radius 1 is 1.13 bits per heavy atom.